The number of anilines is 1. The van der Waals surface area contributed by atoms with Crippen molar-refractivity contribution in [1.82, 2.24) is 14.7 Å². The highest BCUT2D eigenvalue weighted by molar-refractivity contribution is 9.10. The molecule has 0 radical (unpaired) electrons. The molecule has 1 saturated heterocycles. The first-order valence-corrected chi connectivity index (χ1v) is 10.2. The van der Waals surface area contributed by atoms with E-state index in [4.69, 9.17) is 0 Å². The smallest absolute Gasteiger partial charge is 0.241 e. The van der Waals surface area contributed by atoms with Crippen LogP contribution < -0.4 is 9.62 Å². The maximum absolute atomic E-state index is 12.9. The van der Waals surface area contributed by atoms with E-state index in [-0.39, 0.29) is 10.8 Å². The fourth-order valence-corrected chi connectivity index (χ4v) is 4.89. The van der Waals surface area contributed by atoms with E-state index in [1.54, 1.807) is 24.3 Å². The molecule has 3 rings (SSSR count). The summed E-state index contributed by atoms with van der Waals surface area (Å²) in [5, 5.41) is 0. The van der Waals surface area contributed by atoms with Gasteiger partial charge in [-0.15, -0.1) is 0 Å². The van der Waals surface area contributed by atoms with E-state index in [0.717, 1.165) is 25.2 Å². The number of nitrogens with one attached hydrogen (secondary N) is 1. The zero-order valence-corrected chi connectivity index (χ0v) is 15.8. The zero-order valence-electron chi connectivity index (χ0n) is 13.4. The van der Waals surface area contributed by atoms with Gasteiger partial charge in [0.25, 0.3) is 0 Å². The summed E-state index contributed by atoms with van der Waals surface area (Å²) in [5.41, 5.74) is 0. The first-order chi connectivity index (χ1) is 12.0. The minimum atomic E-state index is -3.54. The van der Waals surface area contributed by atoms with Crippen molar-refractivity contribution in [1.29, 1.82) is 0 Å². The van der Waals surface area contributed by atoms with Crippen LogP contribution in [0, 0.1) is 11.7 Å². The van der Waals surface area contributed by atoms with Gasteiger partial charge in [0, 0.05) is 24.1 Å². The summed E-state index contributed by atoms with van der Waals surface area (Å²) in [6, 6.07) is 6.74. The number of benzene rings is 1. The Morgan fingerprint density at radius 2 is 1.84 bits per heavy atom. The van der Waals surface area contributed by atoms with Gasteiger partial charge in [0.1, 0.15) is 0 Å². The van der Waals surface area contributed by atoms with Gasteiger partial charge < -0.3 is 4.90 Å². The third kappa shape index (κ3) is 4.53. The molecule has 0 spiro atoms. The van der Waals surface area contributed by atoms with Crippen LogP contribution in [0.2, 0.25) is 0 Å². The quantitative estimate of drug-likeness (QED) is 0.791. The maximum atomic E-state index is 12.9. The summed E-state index contributed by atoms with van der Waals surface area (Å²) in [6.07, 6.45) is 3.94. The molecule has 0 bridgehead atoms. The van der Waals surface area contributed by atoms with Crippen molar-refractivity contribution in [2.24, 2.45) is 5.92 Å². The molecular weight excluding hydrogens is 411 g/mol. The van der Waals surface area contributed by atoms with Gasteiger partial charge >= 0.3 is 0 Å². The predicted octanol–water partition coefficient (Wildman–Crippen LogP) is 2.57. The minimum absolute atomic E-state index is 0.243. The Morgan fingerprint density at radius 3 is 2.48 bits per heavy atom. The summed E-state index contributed by atoms with van der Waals surface area (Å²) < 4.78 is 40.9. The van der Waals surface area contributed by atoms with E-state index in [1.807, 2.05) is 4.90 Å². The number of hydrogen-bond donors (Lipinski definition) is 1. The molecule has 0 atom stereocenters. The lowest BCUT2D eigenvalue weighted by Crippen LogP contribution is -2.39. The van der Waals surface area contributed by atoms with Crippen LogP contribution in [0.4, 0.5) is 10.3 Å². The highest BCUT2D eigenvalue weighted by Gasteiger charge is 2.24. The number of rotatable bonds is 5. The lowest BCUT2D eigenvalue weighted by molar-refractivity contribution is 0.398. The Kier molecular flexibility index (Phi) is 5.65. The first kappa shape index (κ1) is 18.2. The predicted molar refractivity (Wildman–Crippen MR) is 96.3 cm³/mol. The zero-order chi connectivity index (χ0) is 17.9. The molecule has 0 saturated carbocycles. The van der Waals surface area contributed by atoms with Gasteiger partial charge in [-0.1, -0.05) is 12.1 Å². The third-order valence-electron chi connectivity index (χ3n) is 4.19. The molecule has 25 heavy (non-hydrogen) atoms. The Hall–Kier alpha value is -1.58. The molecule has 9 heteroatoms. The summed E-state index contributed by atoms with van der Waals surface area (Å²) >= 11 is 3.27. The highest BCUT2D eigenvalue weighted by atomic mass is 79.9. The number of sulfonamides is 1. The highest BCUT2D eigenvalue weighted by Crippen LogP contribution is 2.23. The normalized spacial score (nSPS) is 16.2. The average molecular weight is 429 g/mol. The Morgan fingerprint density at radius 1 is 1.20 bits per heavy atom. The molecule has 1 aromatic carbocycles. The summed E-state index contributed by atoms with van der Waals surface area (Å²) in [7, 11) is -3.54. The molecule has 2 aromatic rings. The van der Waals surface area contributed by atoms with Crippen molar-refractivity contribution >= 4 is 31.9 Å². The van der Waals surface area contributed by atoms with Crippen molar-refractivity contribution in [3.05, 3.63) is 46.9 Å². The topological polar surface area (TPSA) is 75.2 Å². The van der Waals surface area contributed by atoms with Crippen LogP contribution in [0.25, 0.3) is 0 Å². The standard InChI is InChI=1S/C16H18BrFN4O2S/c17-14-3-1-2-4-15(14)25(23,24)21-9-12-5-7-22(8-6-12)16-19-10-13(18)11-20-16/h1-4,10-12,21H,5-9H2. The van der Waals surface area contributed by atoms with Crippen LogP contribution in [-0.2, 0) is 10.0 Å². The molecule has 2 heterocycles. The molecule has 0 unspecified atom stereocenters. The van der Waals surface area contributed by atoms with Crippen LogP contribution in [0.3, 0.4) is 0 Å². The molecular formula is C16H18BrFN4O2S. The van der Waals surface area contributed by atoms with Gasteiger partial charge in [-0.3, -0.25) is 0 Å². The molecule has 134 valence electrons. The monoisotopic (exact) mass is 428 g/mol. The molecule has 0 aliphatic carbocycles. The first-order valence-electron chi connectivity index (χ1n) is 7.92. The van der Waals surface area contributed by atoms with E-state index in [1.165, 1.54) is 0 Å². The lowest BCUT2D eigenvalue weighted by Gasteiger charge is -2.31. The minimum Gasteiger partial charge on any atom is -0.341 e. The van der Waals surface area contributed by atoms with Crippen molar-refractivity contribution in [3.63, 3.8) is 0 Å². The van der Waals surface area contributed by atoms with Gasteiger partial charge in [0.05, 0.1) is 17.3 Å². The molecule has 1 aliphatic rings. The number of piperidine rings is 1. The molecule has 1 fully saturated rings. The molecule has 0 amide bonds. The SMILES string of the molecule is O=S(=O)(NCC1CCN(c2ncc(F)cn2)CC1)c1ccccc1Br. The fraction of sp³-hybridized carbons (Fsp3) is 0.375. The van der Waals surface area contributed by atoms with Crippen LogP contribution in [0.5, 0.6) is 0 Å². The summed E-state index contributed by atoms with van der Waals surface area (Å²) in [4.78, 5) is 10.2. The summed E-state index contributed by atoms with van der Waals surface area (Å²) in [6.45, 7) is 1.82. The van der Waals surface area contributed by atoms with E-state index >= 15 is 0 Å². The van der Waals surface area contributed by atoms with Gasteiger partial charge in [-0.2, -0.15) is 0 Å². The van der Waals surface area contributed by atoms with Gasteiger partial charge in [0.2, 0.25) is 16.0 Å². The second-order valence-corrected chi connectivity index (χ2v) is 8.50. The largest absolute Gasteiger partial charge is 0.341 e. The van der Waals surface area contributed by atoms with E-state index in [0.29, 0.717) is 30.1 Å². The van der Waals surface area contributed by atoms with E-state index < -0.39 is 15.8 Å². The van der Waals surface area contributed by atoms with Crippen LogP contribution in [0.15, 0.2) is 46.0 Å². The lowest BCUT2D eigenvalue weighted by atomic mass is 9.97. The fourth-order valence-electron chi connectivity index (χ4n) is 2.77. The van der Waals surface area contributed by atoms with Crippen molar-refractivity contribution in [2.75, 3.05) is 24.5 Å². The molecule has 6 nitrogen and oxygen atoms in total. The van der Waals surface area contributed by atoms with Gasteiger partial charge in [-0.25, -0.2) is 27.5 Å². The number of nitrogens with zero attached hydrogens (tertiary/aromatic N) is 3. The van der Waals surface area contributed by atoms with E-state index in [9.17, 15) is 12.8 Å². The Balaban J connectivity index is 1.54. The second-order valence-electron chi connectivity index (χ2n) is 5.91. The Labute approximate surface area is 154 Å². The van der Waals surface area contributed by atoms with Crippen LogP contribution in [-0.4, -0.2) is 38.0 Å². The van der Waals surface area contributed by atoms with Crippen molar-refractivity contribution in [3.8, 4) is 0 Å². The van der Waals surface area contributed by atoms with Crippen LogP contribution >= 0.6 is 15.9 Å². The number of halogens is 2. The van der Waals surface area contributed by atoms with Crippen molar-refractivity contribution < 1.29 is 12.8 Å². The molecule has 1 aliphatic heterocycles. The number of aromatic nitrogens is 2. The number of hydrogen-bond acceptors (Lipinski definition) is 5. The summed E-state index contributed by atoms with van der Waals surface area (Å²) in [5.74, 6) is 0.294. The van der Waals surface area contributed by atoms with Gasteiger partial charge in [-0.05, 0) is 46.8 Å². The van der Waals surface area contributed by atoms with Crippen LogP contribution in [0.1, 0.15) is 12.8 Å². The van der Waals surface area contributed by atoms with E-state index in [2.05, 4.69) is 30.6 Å². The third-order valence-corrected chi connectivity index (χ3v) is 6.63. The second kappa shape index (κ2) is 7.76. The maximum Gasteiger partial charge on any atom is 0.241 e. The van der Waals surface area contributed by atoms with Gasteiger partial charge in [0.15, 0.2) is 5.82 Å². The van der Waals surface area contributed by atoms with Crippen molar-refractivity contribution in [2.45, 2.75) is 17.7 Å². The Bertz CT molecular complexity index is 824. The average Bonchev–Trinajstić information content (AvgIpc) is 2.61. The molecule has 1 N–H and O–H groups in total. The molecule has 1 aromatic heterocycles.